The predicted molar refractivity (Wildman–Crippen MR) is 75.7 cm³/mol. The summed E-state index contributed by atoms with van der Waals surface area (Å²) in [5, 5.41) is 8.81. The molecule has 104 valence electrons. The van der Waals surface area contributed by atoms with E-state index in [1.807, 2.05) is 32.9 Å². The predicted octanol–water partition coefficient (Wildman–Crippen LogP) is 2.06. The van der Waals surface area contributed by atoms with Crippen molar-refractivity contribution in [3.05, 3.63) is 28.8 Å². The number of aliphatic hydroxyl groups is 1. The summed E-state index contributed by atoms with van der Waals surface area (Å²) in [5.74, 6) is -0.134. The van der Waals surface area contributed by atoms with Crippen molar-refractivity contribution in [1.82, 2.24) is 0 Å². The van der Waals surface area contributed by atoms with E-state index < -0.39 is 16.0 Å². The van der Waals surface area contributed by atoms with E-state index in [0.29, 0.717) is 12.8 Å². The van der Waals surface area contributed by atoms with Crippen molar-refractivity contribution in [3.63, 3.8) is 0 Å². The van der Waals surface area contributed by atoms with Gasteiger partial charge in [-0.3, -0.25) is 9.00 Å². The average molecular weight is 280 g/mol. The fourth-order valence-corrected chi connectivity index (χ4v) is 4.91. The lowest BCUT2D eigenvalue weighted by molar-refractivity contribution is -0.117. The Morgan fingerprint density at radius 1 is 1.26 bits per heavy atom. The smallest absolute Gasteiger partial charge is 0.149 e. The molecule has 0 spiro atoms. The van der Waals surface area contributed by atoms with Gasteiger partial charge in [0.2, 0.25) is 0 Å². The molecule has 0 amide bonds. The van der Waals surface area contributed by atoms with E-state index in [1.54, 1.807) is 0 Å². The standard InChI is InChI=1S/C15H20O3S/c1-9-6-10(2)14(11(3)7-9)19(18)15-12(8-16)4-5-13(15)17/h6-7,12,15-16H,4-5,8H2,1-3H3/t12-,15?,19?/m1/s1. The van der Waals surface area contributed by atoms with Crippen LogP contribution in [0.5, 0.6) is 0 Å². The van der Waals surface area contributed by atoms with Crippen molar-refractivity contribution in [2.75, 3.05) is 6.61 Å². The van der Waals surface area contributed by atoms with Crippen molar-refractivity contribution in [2.45, 2.75) is 43.8 Å². The zero-order chi connectivity index (χ0) is 14.2. The molecule has 2 unspecified atom stereocenters. The van der Waals surface area contributed by atoms with E-state index in [0.717, 1.165) is 21.6 Å². The first-order valence-corrected chi connectivity index (χ1v) is 7.79. The van der Waals surface area contributed by atoms with E-state index in [9.17, 15) is 14.1 Å². The number of carbonyl (C=O) groups is 1. The second kappa shape index (κ2) is 5.55. The van der Waals surface area contributed by atoms with Crippen molar-refractivity contribution >= 4 is 16.6 Å². The Labute approximate surface area is 116 Å². The zero-order valence-electron chi connectivity index (χ0n) is 11.6. The number of aliphatic hydroxyl groups excluding tert-OH is 1. The summed E-state index contributed by atoms with van der Waals surface area (Å²) in [7, 11) is -1.36. The maximum atomic E-state index is 12.8. The Morgan fingerprint density at radius 2 is 1.84 bits per heavy atom. The molecule has 4 heteroatoms. The molecule has 1 aliphatic carbocycles. The lowest BCUT2D eigenvalue weighted by atomic mass is 10.1. The number of carbonyl (C=O) groups excluding carboxylic acids is 1. The van der Waals surface area contributed by atoms with Gasteiger partial charge in [0.1, 0.15) is 11.0 Å². The first-order chi connectivity index (χ1) is 8.95. The summed E-state index contributed by atoms with van der Waals surface area (Å²) in [5.41, 5.74) is 3.06. The van der Waals surface area contributed by atoms with E-state index in [2.05, 4.69) is 0 Å². The van der Waals surface area contributed by atoms with Crippen LogP contribution >= 0.6 is 0 Å². The molecule has 1 aromatic rings. The van der Waals surface area contributed by atoms with Crippen LogP contribution in [0.25, 0.3) is 0 Å². The Kier molecular flexibility index (Phi) is 4.21. The number of benzene rings is 1. The fourth-order valence-electron chi connectivity index (χ4n) is 2.98. The van der Waals surface area contributed by atoms with E-state index >= 15 is 0 Å². The van der Waals surface area contributed by atoms with Gasteiger partial charge in [0.25, 0.3) is 0 Å². The van der Waals surface area contributed by atoms with Crippen molar-refractivity contribution in [2.24, 2.45) is 5.92 Å². The van der Waals surface area contributed by atoms with Gasteiger partial charge in [-0.05, 0) is 38.3 Å². The van der Waals surface area contributed by atoms with E-state index in [1.165, 1.54) is 0 Å². The molecule has 2 rings (SSSR count). The number of hydrogen-bond donors (Lipinski definition) is 1. The monoisotopic (exact) mass is 280 g/mol. The van der Waals surface area contributed by atoms with Crippen LogP contribution in [-0.4, -0.2) is 27.0 Å². The van der Waals surface area contributed by atoms with Crippen LogP contribution in [0.15, 0.2) is 17.0 Å². The highest BCUT2D eigenvalue weighted by Crippen LogP contribution is 2.32. The highest BCUT2D eigenvalue weighted by atomic mass is 32.2. The SMILES string of the molecule is Cc1cc(C)c(S(=O)C2C(=O)CC[C@@H]2CO)c(C)c1. The summed E-state index contributed by atoms with van der Waals surface area (Å²) in [6.45, 7) is 5.80. The van der Waals surface area contributed by atoms with Gasteiger partial charge in [0.15, 0.2) is 0 Å². The Hall–Kier alpha value is -1.00. The summed E-state index contributed by atoms with van der Waals surface area (Å²) >= 11 is 0. The molecule has 1 aromatic carbocycles. The lowest BCUT2D eigenvalue weighted by Crippen LogP contribution is -2.29. The summed E-state index contributed by atoms with van der Waals surface area (Å²) < 4.78 is 12.8. The van der Waals surface area contributed by atoms with Crippen LogP contribution < -0.4 is 0 Å². The Bertz CT molecular complexity index is 513. The molecule has 0 saturated heterocycles. The molecular formula is C15H20O3S. The third-order valence-electron chi connectivity index (χ3n) is 3.78. The van der Waals surface area contributed by atoms with Crippen molar-refractivity contribution in [3.8, 4) is 0 Å². The minimum Gasteiger partial charge on any atom is -0.396 e. The number of hydrogen-bond acceptors (Lipinski definition) is 3. The molecule has 1 fully saturated rings. The lowest BCUT2D eigenvalue weighted by Gasteiger charge is -2.19. The number of aryl methyl sites for hydroxylation is 3. The minimum atomic E-state index is -1.36. The van der Waals surface area contributed by atoms with Crippen molar-refractivity contribution < 1.29 is 14.1 Å². The van der Waals surface area contributed by atoms with Gasteiger partial charge in [0.05, 0.1) is 10.8 Å². The molecule has 1 saturated carbocycles. The number of rotatable bonds is 3. The maximum Gasteiger partial charge on any atom is 0.149 e. The molecule has 0 radical (unpaired) electrons. The van der Waals surface area contributed by atoms with Crippen LogP contribution in [0.1, 0.15) is 29.5 Å². The van der Waals surface area contributed by atoms with Crippen LogP contribution in [0.3, 0.4) is 0 Å². The van der Waals surface area contributed by atoms with E-state index in [-0.39, 0.29) is 18.3 Å². The summed E-state index contributed by atoms with van der Waals surface area (Å²) in [6, 6.07) is 3.99. The van der Waals surface area contributed by atoms with Gasteiger partial charge < -0.3 is 5.11 Å². The molecule has 0 aliphatic heterocycles. The number of Topliss-reactive ketones (excluding diaryl/α,β-unsaturated/α-hetero) is 1. The minimum absolute atomic E-state index is 0.0248. The van der Waals surface area contributed by atoms with Gasteiger partial charge >= 0.3 is 0 Å². The summed E-state index contributed by atoms with van der Waals surface area (Å²) in [6.07, 6.45) is 1.08. The highest BCUT2D eigenvalue weighted by Gasteiger charge is 2.39. The van der Waals surface area contributed by atoms with Crippen LogP contribution in [0, 0.1) is 26.7 Å². The third kappa shape index (κ3) is 2.65. The average Bonchev–Trinajstić information content (AvgIpc) is 2.68. The van der Waals surface area contributed by atoms with Crippen LogP contribution in [-0.2, 0) is 15.6 Å². The molecule has 0 heterocycles. The molecule has 3 nitrogen and oxygen atoms in total. The second-order valence-electron chi connectivity index (χ2n) is 5.39. The van der Waals surface area contributed by atoms with Gasteiger partial charge in [-0.15, -0.1) is 0 Å². The summed E-state index contributed by atoms with van der Waals surface area (Å²) in [4.78, 5) is 12.7. The molecule has 0 aromatic heterocycles. The van der Waals surface area contributed by atoms with Gasteiger partial charge in [-0.1, -0.05) is 17.7 Å². The second-order valence-corrected chi connectivity index (χ2v) is 6.90. The van der Waals surface area contributed by atoms with Gasteiger partial charge in [-0.2, -0.15) is 0 Å². The third-order valence-corrected chi connectivity index (χ3v) is 5.93. The van der Waals surface area contributed by atoms with Gasteiger partial charge in [0, 0.05) is 23.8 Å². The first-order valence-electron chi connectivity index (χ1n) is 6.57. The molecular weight excluding hydrogens is 260 g/mol. The number of ketones is 1. The first kappa shape index (κ1) is 14.4. The molecule has 19 heavy (non-hydrogen) atoms. The molecule has 1 N–H and O–H groups in total. The molecule has 0 bridgehead atoms. The van der Waals surface area contributed by atoms with Gasteiger partial charge in [-0.25, -0.2) is 0 Å². The quantitative estimate of drug-likeness (QED) is 0.922. The zero-order valence-corrected chi connectivity index (χ0v) is 12.4. The van der Waals surface area contributed by atoms with Crippen LogP contribution in [0.2, 0.25) is 0 Å². The van der Waals surface area contributed by atoms with E-state index in [4.69, 9.17) is 0 Å². The Morgan fingerprint density at radius 3 is 2.37 bits per heavy atom. The maximum absolute atomic E-state index is 12.8. The Balaban J connectivity index is 2.42. The largest absolute Gasteiger partial charge is 0.396 e. The topological polar surface area (TPSA) is 54.4 Å². The fraction of sp³-hybridized carbons (Fsp3) is 0.533. The van der Waals surface area contributed by atoms with Crippen molar-refractivity contribution in [1.29, 1.82) is 0 Å². The van der Waals surface area contributed by atoms with Crippen LogP contribution in [0.4, 0.5) is 0 Å². The molecule has 3 atom stereocenters. The highest BCUT2D eigenvalue weighted by molar-refractivity contribution is 7.86. The normalized spacial score (nSPS) is 24.7. The molecule has 1 aliphatic rings.